The minimum atomic E-state index is -1.21. The summed E-state index contributed by atoms with van der Waals surface area (Å²) in [4.78, 5) is 49.7. The van der Waals surface area contributed by atoms with Crippen LogP contribution in [0.3, 0.4) is 0 Å². The van der Waals surface area contributed by atoms with E-state index in [2.05, 4.69) is 24.0 Å². The molecule has 2 unspecified atom stereocenters. The van der Waals surface area contributed by atoms with Crippen molar-refractivity contribution < 1.29 is 53.3 Å². The Hall–Kier alpha value is -2.27. The van der Waals surface area contributed by atoms with Crippen molar-refractivity contribution in [1.82, 2.24) is 0 Å². The first-order valence-electron chi connectivity index (χ1n) is 10.8. The molecule has 0 aliphatic rings. The summed E-state index contributed by atoms with van der Waals surface area (Å²) in [6.07, 6.45) is -2.85. The van der Waals surface area contributed by atoms with Gasteiger partial charge in [0.2, 0.25) is 0 Å². The number of hydrogen-bond donors (Lipinski definition) is 1. The Morgan fingerprint density at radius 3 is 1.12 bits per heavy atom. The largest absolute Gasteiger partial charge is 0.550 e. The van der Waals surface area contributed by atoms with E-state index in [-0.39, 0.29) is 29.5 Å². The molecule has 0 aromatic carbocycles. The molecule has 0 saturated heterocycles. The van der Waals surface area contributed by atoms with E-state index in [1.807, 2.05) is 55.4 Å². The SMILES string of the molecule is CC(C)(C)OOC(C)(C)C.CC(C)OC(=O)O.CCC(C)OC(=O)OOC(=O)OC(C)CC. The predicted octanol–water partition coefficient (Wildman–Crippen LogP) is 6.43. The van der Waals surface area contributed by atoms with Crippen molar-refractivity contribution >= 4 is 18.5 Å². The second-order valence-corrected chi connectivity index (χ2v) is 9.16. The Kier molecular flexibility index (Phi) is 19.5. The molecule has 33 heavy (non-hydrogen) atoms. The van der Waals surface area contributed by atoms with Crippen LogP contribution in [-0.4, -0.2) is 53.1 Å². The van der Waals surface area contributed by atoms with Crippen molar-refractivity contribution in [3.63, 3.8) is 0 Å². The fraction of sp³-hybridized carbons (Fsp3) is 0.864. The topological polar surface area (TPSA) is 136 Å². The zero-order valence-electron chi connectivity index (χ0n) is 22.2. The molecule has 0 amide bonds. The highest BCUT2D eigenvalue weighted by Crippen LogP contribution is 2.14. The fourth-order valence-electron chi connectivity index (χ4n) is 1.05. The van der Waals surface area contributed by atoms with Crippen molar-refractivity contribution in [2.45, 2.75) is 125 Å². The third-order valence-electron chi connectivity index (χ3n) is 2.80. The summed E-state index contributed by atoms with van der Waals surface area (Å²) < 4.78 is 13.5. The van der Waals surface area contributed by atoms with Crippen LogP contribution in [0.1, 0.15) is 95.9 Å². The first kappa shape index (κ1) is 35.3. The summed E-state index contributed by atoms with van der Waals surface area (Å²) in [6.45, 7) is 22.1. The normalized spacial score (nSPS) is 12.6. The molecule has 0 aliphatic carbocycles. The maximum atomic E-state index is 10.9. The lowest BCUT2D eigenvalue weighted by Gasteiger charge is -2.24. The molecule has 0 rings (SSSR count). The Balaban J connectivity index is -0.000000451. The number of ether oxygens (including phenoxy) is 3. The maximum absolute atomic E-state index is 10.9. The highest BCUT2D eigenvalue weighted by Gasteiger charge is 2.18. The van der Waals surface area contributed by atoms with Crippen LogP contribution < -0.4 is 0 Å². The van der Waals surface area contributed by atoms with Gasteiger partial charge in [-0.15, -0.1) is 0 Å². The summed E-state index contributed by atoms with van der Waals surface area (Å²) in [6, 6.07) is 0. The number of carboxylic acid groups (broad SMARTS) is 1. The molecular formula is C22H44O11. The van der Waals surface area contributed by atoms with Gasteiger partial charge in [0.15, 0.2) is 0 Å². The molecule has 0 aromatic heterocycles. The Morgan fingerprint density at radius 2 is 0.970 bits per heavy atom. The number of hydrogen-bond acceptors (Lipinski definition) is 10. The Morgan fingerprint density at radius 1 is 0.667 bits per heavy atom. The molecule has 1 N–H and O–H groups in total. The number of rotatable bonds is 6. The molecule has 0 heterocycles. The molecule has 0 fully saturated rings. The molecule has 2 atom stereocenters. The average Bonchev–Trinajstić information content (AvgIpc) is 2.63. The molecule has 11 nitrogen and oxygen atoms in total. The average molecular weight is 485 g/mol. The maximum Gasteiger partial charge on any atom is 0.550 e. The van der Waals surface area contributed by atoms with E-state index in [0.29, 0.717) is 12.8 Å². The van der Waals surface area contributed by atoms with Crippen LogP contribution >= 0.6 is 0 Å². The molecular weight excluding hydrogens is 440 g/mol. The third kappa shape index (κ3) is 34.5. The zero-order valence-corrected chi connectivity index (χ0v) is 22.2. The highest BCUT2D eigenvalue weighted by atomic mass is 17.3. The van der Waals surface area contributed by atoms with Gasteiger partial charge in [0.1, 0.15) is 12.2 Å². The van der Waals surface area contributed by atoms with Crippen molar-refractivity contribution in [2.75, 3.05) is 0 Å². The third-order valence-corrected chi connectivity index (χ3v) is 2.80. The summed E-state index contributed by atoms with van der Waals surface area (Å²) in [5.74, 6) is 0. The van der Waals surface area contributed by atoms with E-state index >= 15 is 0 Å². The van der Waals surface area contributed by atoms with Gasteiger partial charge in [-0.05, 0) is 82.1 Å². The molecule has 0 radical (unpaired) electrons. The molecule has 0 spiro atoms. The summed E-state index contributed by atoms with van der Waals surface area (Å²) in [7, 11) is 0. The second-order valence-electron chi connectivity index (χ2n) is 9.16. The van der Waals surface area contributed by atoms with Crippen molar-refractivity contribution in [3.8, 4) is 0 Å². The lowest BCUT2D eigenvalue weighted by molar-refractivity contribution is -0.393. The van der Waals surface area contributed by atoms with Crippen molar-refractivity contribution in [1.29, 1.82) is 0 Å². The van der Waals surface area contributed by atoms with Gasteiger partial charge in [0, 0.05) is 0 Å². The van der Waals surface area contributed by atoms with Gasteiger partial charge >= 0.3 is 18.5 Å². The molecule has 0 saturated carbocycles. The minimum Gasteiger partial charge on any atom is -0.450 e. The van der Waals surface area contributed by atoms with E-state index in [4.69, 9.17) is 14.9 Å². The van der Waals surface area contributed by atoms with Crippen LogP contribution in [0, 0.1) is 0 Å². The van der Waals surface area contributed by atoms with E-state index in [0.717, 1.165) is 0 Å². The number of carbonyl (C=O) groups is 3. The lowest BCUT2D eigenvalue weighted by Crippen LogP contribution is -2.27. The van der Waals surface area contributed by atoms with Gasteiger partial charge in [-0.25, -0.2) is 14.6 Å². The summed E-state index contributed by atoms with van der Waals surface area (Å²) in [5.41, 5.74) is -0.430. The van der Waals surface area contributed by atoms with Crippen LogP contribution in [0.15, 0.2) is 0 Å². The van der Waals surface area contributed by atoms with Gasteiger partial charge in [-0.1, -0.05) is 13.8 Å². The molecule has 11 heteroatoms. The second kappa shape index (κ2) is 18.2. The summed E-state index contributed by atoms with van der Waals surface area (Å²) in [5, 5.41) is 7.86. The molecule has 198 valence electrons. The smallest absolute Gasteiger partial charge is 0.450 e. The van der Waals surface area contributed by atoms with Crippen LogP contribution in [0.4, 0.5) is 14.4 Å². The van der Waals surface area contributed by atoms with Crippen LogP contribution in [0.5, 0.6) is 0 Å². The van der Waals surface area contributed by atoms with Gasteiger partial charge in [-0.2, -0.15) is 19.4 Å². The first-order valence-corrected chi connectivity index (χ1v) is 10.8. The van der Waals surface area contributed by atoms with E-state index in [1.165, 1.54) is 0 Å². The van der Waals surface area contributed by atoms with Crippen LogP contribution in [-0.2, 0) is 33.8 Å². The van der Waals surface area contributed by atoms with Gasteiger partial charge in [0.25, 0.3) is 0 Å². The molecule has 0 aliphatic heterocycles. The Bertz CT molecular complexity index is 495. The van der Waals surface area contributed by atoms with Crippen LogP contribution in [0.25, 0.3) is 0 Å². The highest BCUT2D eigenvalue weighted by molar-refractivity contribution is 5.63. The van der Waals surface area contributed by atoms with Gasteiger partial charge in [-0.3, -0.25) is 0 Å². The summed E-state index contributed by atoms with van der Waals surface area (Å²) >= 11 is 0. The van der Waals surface area contributed by atoms with E-state index in [9.17, 15) is 14.4 Å². The fourth-order valence-corrected chi connectivity index (χ4v) is 1.05. The van der Waals surface area contributed by atoms with Gasteiger partial charge in [0.05, 0.1) is 17.3 Å². The molecule has 0 bridgehead atoms. The van der Waals surface area contributed by atoms with Gasteiger partial charge < -0.3 is 19.3 Å². The zero-order chi connectivity index (χ0) is 26.8. The predicted molar refractivity (Wildman–Crippen MR) is 121 cm³/mol. The Labute approximate surface area is 197 Å². The van der Waals surface area contributed by atoms with Crippen molar-refractivity contribution in [3.05, 3.63) is 0 Å². The quantitative estimate of drug-likeness (QED) is 0.193. The number of carbonyl (C=O) groups excluding carboxylic acids is 2. The minimum absolute atomic E-state index is 0.215. The van der Waals surface area contributed by atoms with Crippen molar-refractivity contribution in [2.24, 2.45) is 0 Å². The molecule has 0 aromatic rings. The first-order chi connectivity index (χ1) is 14.8. The monoisotopic (exact) mass is 484 g/mol. The lowest BCUT2D eigenvalue weighted by atomic mass is 10.2. The van der Waals surface area contributed by atoms with E-state index < -0.39 is 18.5 Å². The van der Waals surface area contributed by atoms with Crippen LogP contribution in [0.2, 0.25) is 0 Å². The van der Waals surface area contributed by atoms with E-state index in [1.54, 1.807) is 27.7 Å². The standard InChI is InChI=1S/C10H18O6.C8H18O2.C4H8O3/c1-5-7(3)13-9(11)15-16-10(12)14-8(4)6-2;1-7(2,3)9-10-8(4,5)6;1-3(2)7-4(5)6/h7-8H,5-6H2,1-4H3;1-6H3;3H,1-2H3,(H,5,6).